The summed E-state index contributed by atoms with van der Waals surface area (Å²) in [5.74, 6) is -0.470. The third-order valence-corrected chi connectivity index (χ3v) is 3.39. The van der Waals surface area contributed by atoms with Gasteiger partial charge in [0.2, 0.25) is 5.91 Å². The fourth-order valence-electron chi connectivity index (χ4n) is 2.28. The molecule has 1 atom stereocenters. The van der Waals surface area contributed by atoms with Crippen LogP contribution in [0.4, 0.5) is 11.4 Å². The van der Waals surface area contributed by atoms with Crippen molar-refractivity contribution in [3.8, 4) is 0 Å². The van der Waals surface area contributed by atoms with Gasteiger partial charge in [0.05, 0.1) is 10.5 Å². The van der Waals surface area contributed by atoms with E-state index in [1.165, 1.54) is 19.1 Å². The Hall–Kier alpha value is -2.44. The number of hydrogen-bond donors (Lipinski definition) is 1. The molecule has 106 valence electrons. The quantitative estimate of drug-likeness (QED) is 0.507. The van der Waals surface area contributed by atoms with Crippen molar-refractivity contribution in [2.45, 2.75) is 19.9 Å². The maximum absolute atomic E-state index is 11.6. The second-order valence-electron chi connectivity index (χ2n) is 4.68. The molecule has 0 aliphatic carbocycles. The molecule has 1 aliphatic heterocycles. The Bertz CT molecular complexity index is 585. The summed E-state index contributed by atoms with van der Waals surface area (Å²) in [6, 6.07) is 4.03. The summed E-state index contributed by atoms with van der Waals surface area (Å²) in [5.41, 5.74) is 0.421. The van der Waals surface area contributed by atoms with Crippen LogP contribution in [-0.2, 0) is 4.79 Å². The number of nitrogens with zero attached hydrogens (tertiary/aromatic N) is 2. The first kappa shape index (κ1) is 14.0. The van der Waals surface area contributed by atoms with Crippen LogP contribution in [-0.4, -0.2) is 35.7 Å². The van der Waals surface area contributed by atoms with E-state index >= 15 is 0 Å². The van der Waals surface area contributed by atoms with Crippen molar-refractivity contribution in [1.82, 2.24) is 5.32 Å². The van der Waals surface area contributed by atoms with Crippen LogP contribution in [0.1, 0.15) is 24.2 Å². The predicted molar refractivity (Wildman–Crippen MR) is 72.9 cm³/mol. The largest absolute Gasteiger partial charge is 0.358 e. The molecule has 0 radical (unpaired) electrons. The van der Waals surface area contributed by atoms with Crippen LogP contribution in [0.5, 0.6) is 0 Å². The van der Waals surface area contributed by atoms with Crippen molar-refractivity contribution >= 4 is 23.1 Å². The number of nitro benzene ring substituents is 1. The van der Waals surface area contributed by atoms with Crippen LogP contribution in [0.15, 0.2) is 18.2 Å². The minimum absolute atomic E-state index is 0.0767. The number of nitro groups is 1. The van der Waals surface area contributed by atoms with Crippen molar-refractivity contribution < 1.29 is 14.5 Å². The van der Waals surface area contributed by atoms with Crippen LogP contribution < -0.4 is 10.2 Å². The second-order valence-corrected chi connectivity index (χ2v) is 4.68. The van der Waals surface area contributed by atoms with Gasteiger partial charge >= 0.3 is 0 Å². The Kier molecular flexibility index (Phi) is 3.69. The van der Waals surface area contributed by atoms with Crippen molar-refractivity contribution in [3.05, 3.63) is 33.9 Å². The molecule has 1 N–H and O–H groups in total. The molecule has 7 heteroatoms. The molecule has 1 aliphatic rings. The monoisotopic (exact) mass is 277 g/mol. The Morgan fingerprint density at radius 1 is 1.50 bits per heavy atom. The van der Waals surface area contributed by atoms with Gasteiger partial charge in [0.25, 0.3) is 5.69 Å². The highest BCUT2D eigenvalue weighted by Gasteiger charge is 2.27. The average molecular weight is 277 g/mol. The summed E-state index contributed by atoms with van der Waals surface area (Å²) in [7, 11) is 0. The number of amides is 1. The second kappa shape index (κ2) is 5.28. The minimum Gasteiger partial charge on any atom is -0.358 e. The van der Waals surface area contributed by atoms with Gasteiger partial charge in [-0.3, -0.25) is 19.7 Å². The van der Waals surface area contributed by atoms with Gasteiger partial charge in [-0.25, -0.2) is 0 Å². The molecule has 1 aromatic rings. The van der Waals surface area contributed by atoms with Gasteiger partial charge in [0.1, 0.15) is 6.04 Å². The molecule has 1 aromatic carbocycles. The van der Waals surface area contributed by atoms with E-state index < -0.39 is 11.0 Å². The number of piperazine rings is 1. The number of anilines is 1. The summed E-state index contributed by atoms with van der Waals surface area (Å²) in [6.07, 6.45) is 0. The molecule has 1 heterocycles. The van der Waals surface area contributed by atoms with Crippen LogP contribution in [0.2, 0.25) is 0 Å². The van der Waals surface area contributed by atoms with Crippen LogP contribution >= 0.6 is 0 Å². The predicted octanol–water partition coefficient (Wildman–Crippen LogP) is 1.12. The zero-order valence-corrected chi connectivity index (χ0v) is 11.3. The lowest BCUT2D eigenvalue weighted by molar-refractivity contribution is -0.385. The van der Waals surface area contributed by atoms with Gasteiger partial charge in [-0.05, 0) is 26.0 Å². The average Bonchev–Trinajstić information content (AvgIpc) is 2.41. The van der Waals surface area contributed by atoms with E-state index in [0.717, 1.165) is 0 Å². The van der Waals surface area contributed by atoms with Gasteiger partial charge in [-0.1, -0.05) is 0 Å². The van der Waals surface area contributed by atoms with Crippen molar-refractivity contribution in [2.75, 3.05) is 18.0 Å². The molecule has 0 aromatic heterocycles. The van der Waals surface area contributed by atoms with E-state index in [4.69, 9.17) is 0 Å². The van der Waals surface area contributed by atoms with Crippen LogP contribution in [0.3, 0.4) is 0 Å². The molecule has 7 nitrogen and oxygen atoms in total. The van der Waals surface area contributed by atoms with E-state index in [1.54, 1.807) is 17.9 Å². The third-order valence-electron chi connectivity index (χ3n) is 3.39. The molecule has 0 bridgehead atoms. The Labute approximate surface area is 115 Å². The first-order valence-electron chi connectivity index (χ1n) is 6.25. The number of rotatable bonds is 3. The maximum atomic E-state index is 11.6. The Balaban J connectivity index is 2.43. The van der Waals surface area contributed by atoms with E-state index in [0.29, 0.717) is 18.8 Å². The number of hydrogen-bond acceptors (Lipinski definition) is 5. The van der Waals surface area contributed by atoms with E-state index in [2.05, 4.69) is 5.32 Å². The summed E-state index contributed by atoms with van der Waals surface area (Å²) in [6.45, 7) is 4.09. The van der Waals surface area contributed by atoms with Crippen LogP contribution in [0, 0.1) is 10.1 Å². The number of ketones is 1. The Morgan fingerprint density at radius 3 is 2.80 bits per heavy atom. The van der Waals surface area contributed by atoms with Gasteiger partial charge < -0.3 is 10.2 Å². The van der Waals surface area contributed by atoms with Crippen molar-refractivity contribution in [1.29, 1.82) is 0 Å². The number of carbonyl (C=O) groups excluding carboxylic acids is 2. The lowest BCUT2D eigenvalue weighted by Crippen LogP contribution is -2.54. The number of carbonyl (C=O) groups is 2. The topological polar surface area (TPSA) is 92.6 Å². The summed E-state index contributed by atoms with van der Waals surface area (Å²) in [5, 5.41) is 13.8. The molecule has 1 fully saturated rings. The molecular formula is C13H15N3O4. The van der Waals surface area contributed by atoms with E-state index in [1.807, 2.05) is 0 Å². The lowest BCUT2D eigenvalue weighted by atomic mass is 10.1. The number of Topliss-reactive ketones (excluding diaryl/α,β-unsaturated/α-hetero) is 1. The first-order valence-corrected chi connectivity index (χ1v) is 6.25. The standard InChI is InChI=1S/C13H15N3O4/c1-8-13(18)14-5-6-15(8)10-3-4-11(9(2)17)12(7-10)16(19)20/h3-4,7-8H,5-6H2,1-2H3,(H,14,18). The molecule has 1 amide bonds. The van der Waals surface area contributed by atoms with Gasteiger partial charge in [0.15, 0.2) is 5.78 Å². The zero-order chi connectivity index (χ0) is 14.9. The van der Waals surface area contributed by atoms with Gasteiger partial charge in [-0.15, -0.1) is 0 Å². The molecule has 1 unspecified atom stereocenters. The Morgan fingerprint density at radius 2 is 2.20 bits per heavy atom. The normalized spacial score (nSPS) is 18.6. The van der Waals surface area contributed by atoms with Gasteiger partial charge in [-0.2, -0.15) is 0 Å². The smallest absolute Gasteiger partial charge is 0.282 e. The SMILES string of the molecule is CC(=O)c1ccc(N2CCNC(=O)C2C)cc1[N+](=O)[O-]. The molecule has 2 rings (SSSR count). The fraction of sp³-hybridized carbons (Fsp3) is 0.385. The summed E-state index contributed by atoms with van der Waals surface area (Å²) in [4.78, 5) is 35.3. The highest BCUT2D eigenvalue weighted by Crippen LogP contribution is 2.27. The summed E-state index contributed by atoms with van der Waals surface area (Å²) >= 11 is 0. The minimum atomic E-state index is -0.574. The molecule has 1 saturated heterocycles. The highest BCUT2D eigenvalue weighted by molar-refractivity contribution is 5.98. The molecule has 0 saturated carbocycles. The van der Waals surface area contributed by atoms with Gasteiger partial charge in [0, 0.05) is 24.8 Å². The van der Waals surface area contributed by atoms with Crippen molar-refractivity contribution in [3.63, 3.8) is 0 Å². The lowest BCUT2D eigenvalue weighted by Gasteiger charge is -2.34. The fourth-order valence-corrected chi connectivity index (χ4v) is 2.28. The molecule has 0 spiro atoms. The molecular weight excluding hydrogens is 262 g/mol. The number of nitrogens with one attached hydrogen (secondary N) is 1. The number of benzene rings is 1. The van der Waals surface area contributed by atoms with Crippen molar-refractivity contribution in [2.24, 2.45) is 0 Å². The third kappa shape index (κ3) is 2.47. The van der Waals surface area contributed by atoms with E-state index in [9.17, 15) is 19.7 Å². The first-order chi connectivity index (χ1) is 9.41. The van der Waals surface area contributed by atoms with E-state index in [-0.39, 0.29) is 22.9 Å². The molecule has 20 heavy (non-hydrogen) atoms. The van der Waals surface area contributed by atoms with Crippen LogP contribution in [0.25, 0.3) is 0 Å². The maximum Gasteiger partial charge on any atom is 0.282 e. The summed E-state index contributed by atoms with van der Waals surface area (Å²) < 4.78 is 0. The highest BCUT2D eigenvalue weighted by atomic mass is 16.6. The zero-order valence-electron chi connectivity index (χ0n) is 11.3.